The molecule has 0 amide bonds. The minimum absolute atomic E-state index is 0.287. The first kappa shape index (κ1) is 13.9. The highest BCUT2D eigenvalue weighted by Gasteiger charge is 2.20. The number of carbonyl (C=O) groups excluding carboxylic acids is 1. The van der Waals surface area contributed by atoms with Crippen molar-refractivity contribution in [3.05, 3.63) is 29.3 Å². The average molecular weight is 263 g/mol. The van der Waals surface area contributed by atoms with E-state index in [0.29, 0.717) is 11.6 Å². The molecule has 0 saturated carbocycles. The van der Waals surface area contributed by atoms with Gasteiger partial charge in [-0.05, 0) is 44.4 Å². The first-order valence-electron chi connectivity index (χ1n) is 6.68. The lowest BCUT2D eigenvalue weighted by Gasteiger charge is -2.29. The second-order valence-electron chi connectivity index (χ2n) is 5.02. The zero-order valence-electron chi connectivity index (χ0n) is 11.7. The summed E-state index contributed by atoms with van der Waals surface area (Å²) in [4.78, 5) is 11.7. The van der Waals surface area contributed by atoms with Gasteiger partial charge in [0.15, 0.2) is 0 Å². The predicted octanol–water partition coefficient (Wildman–Crippen LogP) is 2.76. The third-order valence-corrected chi connectivity index (χ3v) is 3.58. The quantitative estimate of drug-likeness (QED) is 0.852. The van der Waals surface area contributed by atoms with E-state index in [-0.39, 0.29) is 12.1 Å². The van der Waals surface area contributed by atoms with Crippen LogP contribution in [0, 0.1) is 6.92 Å². The Morgan fingerprint density at radius 3 is 2.95 bits per heavy atom. The smallest absolute Gasteiger partial charge is 0.338 e. The Balaban J connectivity index is 2.14. The van der Waals surface area contributed by atoms with Gasteiger partial charge in [-0.3, -0.25) is 0 Å². The molecule has 0 spiro atoms. The molecular formula is C15H21NO3. The highest BCUT2D eigenvalue weighted by atomic mass is 16.5. The number of benzene rings is 1. The molecule has 0 aromatic heterocycles. The van der Waals surface area contributed by atoms with Gasteiger partial charge in [-0.25, -0.2) is 4.79 Å². The molecule has 1 aromatic rings. The first-order chi connectivity index (χ1) is 9.11. The van der Waals surface area contributed by atoms with E-state index in [2.05, 4.69) is 12.2 Å². The van der Waals surface area contributed by atoms with Gasteiger partial charge in [0.05, 0.1) is 18.8 Å². The van der Waals surface area contributed by atoms with Crippen LogP contribution in [0.4, 0.5) is 5.69 Å². The molecular weight excluding hydrogens is 242 g/mol. The molecule has 2 atom stereocenters. The van der Waals surface area contributed by atoms with E-state index in [0.717, 1.165) is 30.7 Å². The number of ether oxygens (including phenoxy) is 2. The third-order valence-electron chi connectivity index (χ3n) is 3.58. The zero-order chi connectivity index (χ0) is 13.8. The first-order valence-corrected chi connectivity index (χ1v) is 6.68. The molecule has 1 aliphatic rings. The SMILES string of the molecule is COC(=O)c1cccc(NC2CCOC(C)C2)c1C. The van der Waals surface area contributed by atoms with Crippen LogP contribution in [0.2, 0.25) is 0 Å². The number of nitrogens with one attached hydrogen (secondary N) is 1. The van der Waals surface area contributed by atoms with Crippen LogP contribution >= 0.6 is 0 Å². The van der Waals surface area contributed by atoms with Crippen LogP contribution in [0.3, 0.4) is 0 Å². The van der Waals surface area contributed by atoms with Crippen molar-refractivity contribution < 1.29 is 14.3 Å². The second kappa shape index (κ2) is 6.06. The molecule has 0 radical (unpaired) electrons. The van der Waals surface area contributed by atoms with E-state index in [1.165, 1.54) is 7.11 Å². The van der Waals surface area contributed by atoms with Crippen LogP contribution in [0.1, 0.15) is 35.7 Å². The molecule has 19 heavy (non-hydrogen) atoms. The lowest BCUT2D eigenvalue weighted by molar-refractivity contribution is 0.0232. The van der Waals surface area contributed by atoms with E-state index in [1.807, 2.05) is 19.1 Å². The van der Waals surface area contributed by atoms with E-state index >= 15 is 0 Å². The summed E-state index contributed by atoms with van der Waals surface area (Å²) in [6.07, 6.45) is 2.27. The minimum Gasteiger partial charge on any atom is -0.465 e. The molecule has 2 rings (SSSR count). The average Bonchev–Trinajstić information content (AvgIpc) is 2.40. The lowest BCUT2D eigenvalue weighted by Crippen LogP contribution is -2.32. The van der Waals surface area contributed by atoms with Gasteiger partial charge in [0.25, 0.3) is 0 Å². The third kappa shape index (κ3) is 3.26. The Kier molecular flexibility index (Phi) is 4.43. The fourth-order valence-electron chi connectivity index (χ4n) is 2.47. The van der Waals surface area contributed by atoms with Crippen LogP contribution < -0.4 is 5.32 Å². The summed E-state index contributed by atoms with van der Waals surface area (Å²) in [7, 11) is 1.40. The van der Waals surface area contributed by atoms with Crippen molar-refractivity contribution in [2.24, 2.45) is 0 Å². The number of hydrogen-bond acceptors (Lipinski definition) is 4. The second-order valence-corrected chi connectivity index (χ2v) is 5.02. The lowest BCUT2D eigenvalue weighted by atomic mass is 10.0. The van der Waals surface area contributed by atoms with E-state index in [1.54, 1.807) is 6.07 Å². The number of rotatable bonds is 3. The van der Waals surface area contributed by atoms with Crippen LogP contribution in [-0.4, -0.2) is 31.8 Å². The number of anilines is 1. The summed E-state index contributed by atoms with van der Waals surface area (Å²) in [6.45, 7) is 4.82. The fraction of sp³-hybridized carbons (Fsp3) is 0.533. The zero-order valence-corrected chi connectivity index (χ0v) is 11.7. The van der Waals surface area contributed by atoms with Gasteiger partial charge < -0.3 is 14.8 Å². The maximum absolute atomic E-state index is 11.7. The minimum atomic E-state index is -0.290. The van der Waals surface area contributed by atoms with Gasteiger partial charge in [-0.15, -0.1) is 0 Å². The van der Waals surface area contributed by atoms with Crippen LogP contribution in [-0.2, 0) is 9.47 Å². The summed E-state index contributed by atoms with van der Waals surface area (Å²) in [5.41, 5.74) is 2.56. The summed E-state index contributed by atoms with van der Waals surface area (Å²) < 4.78 is 10.3. The van der Waals surface area contributed by atoms with Crippen molar-refractivity contribution >= 4 is 11.7 Å². The summed E-state index contributed by atoms with van der Waals surface area (Å²) >= 11 is 0. The Morgan fingerprint density at radius 1 is 1.47 bits per heavy atom. The summed E-state index contributed by atoms with van der Waals surface area (Å²) in [5.74, 6) is -0.290. The van der Waals surface area contributed by atoms with Gasteiger partial charge in [-0.2, -0.15) is 0 Å². The van der Waals surface area contributed by atoms with Crippen molar-refractivity contribution in [3.8, 4) is 0 Å². The van der Waals surface area contributed by atoms with Gasteiger partial charge in [-0.1, -0.05) is 6.07 Å². The standard InChI is InChI=1S/C15H21NO3/c1-10-9-12(7-8-19-10)16-14-6-4-5-13(11(14)2)15(17)18-3/h4-6,10,12,16H,7-9H2,1-3H3. The fourth-order valence-corrected chi connectivity index (χ4v) is 2.47. The largest absolute Gasteiger partial charge is 0.465 e. The highest BCUT2D eigenvalue weighted by molar-refractivity contribution is 5.92. The van der Waals surface area contributed by atoms with E-state index in [4.69, 9.17) is 9.47 Å². The maximum atomic E-state index is 11.7. The maximum Gasteiger partial charge on any atom is 0.338 e. The van der Waals surface area contributed by atoms with Gasteiger partial charge in [0.2, 0.25) is 0 Å². The van der Waals surface area contributed by atoms with Gasteiger partial charge >= 0.3 is 5.97 Å². The monoisotopic (exact) mass is 263 g/mol. The molecule has 1 aliphatic heterocycles. The van der Waals surface area contributed by atoms with Crippen molar-refractivity contribution in [2.45, 2.75) is 38.8 Å². The molecule has 1 saturated heterocycles. The Bertz CT molecular complexity index is 459. The topological polar surface area (TPSA) is 47.6 Å². The Hall–Kier alpha value is -1.55. The van der Waals surface area contributed by atoms with Gasteiger partial charge in [0.1, 0.15) is 0 Å². The van der Waals surface area contributed by atoms with Crippen LogP contribution in [0.15, 0.2) is 18.2 Å². The van der Waals surface area contributed by atoms with Crippen molar-refractivity contribution in [2.75, 3.05) is 19.0 Å². The molecule has 2 unspecified atom stereocenters. The van der Waals surface area contributed by atoms with E-state index < -0.39 is 0 Å². The Morgan fingerprint density at radius 2 is 2.26 bits per heavy atom. The van der Waals surface area contributed by atoms with Gasteiger partial charge in [0, 0.05) is 18.3 Å². The molecule has 0 aliphatic carbocycles. The molecule has 4 nitrogen and oxygen atoms in total. The van der Waals surface area contributed by atoms with Crippen LogP contribution in [0.25, 0.3) is 0 Å². The predicted molar refractivity (Wildman–Crippen MR) is 74.6 cm³/mol. The molecule has 1 N–H and O–H groups in total. The number of esters is 1. The van der Waals surface area contributed by atoms with Crippen LogP contribution in [0.5, 0.6) is 0 Å². The van der Waals surface area contributed by atoms with E-state index in [9.17, 15) is 4.79 Å². The van der Waals surface area contributed by atoms with Crippen molar-refractivity contribution in [1.82, 2.24) is 0 Å². The molecule has 1 fully saturated rings. The molecule has 104 valence electrons. The molecule has 0 bridgehead atoms. The number of methoxy groups -OCH3 is 1. The summed E-state index contributed by atoms with van der Waals surface area (Å²) in [5, 5.41) is 3.51. The highest BCUT2D eigenvalue weighted by Crippen LogP contribution is 2.24. The number of hydrogen-bond donors (Lipinski definition) is 1. The molecule has 1 heterocycles. The van der Waals surface area contributed by atoms with Crippen molar-refractivity contribution in [3.63, 3.8) is 0 Å². The molecule has 1 aromatic carbocycles. The normalized spacial score (nSPS) is 22.9. The van der Waals surface area contributed by atoms with Crippen molar-refractivity contribution in [1.29, 1.82) is 0 Å². The summed E-state index contributed by atoms with van der Waals surface area (Å²) in [6, 6.07) is 6.07. The number of carbonyl (C=O) groups is 1. The molecule has 4 heteroatoms. The Labute approximate surface area is 114 Å².